The molecule has 0 amide bonds. The number of rotatable bonds is 8. The highest BCUT2D eigenvalue weighted by molar-refractivity contribution is 5.74. The van der Waals surface area contributed by atoms with Crippen LogP contribution in [-0.4, -0.2) is 22.8 Å². The first-order valence-corrected chi connectivity index (χ1v) is 9.36. The van der Waals surface area contributed by atoms with E-state index in [1.165, 1.54) is 32.1 Å². The maximum atomic E-state index is 11.9. The van der Waals surface area contributed by atoms with Crippen LogP contribution in [0.4, 0.5) is 0 Å². The maximum Gasteiger partial charge on any atom is 0.309 e. The van der Waals surface area contributed by atoms with E-state index in [4.69, 9.17) is 0 Å². The first kappa shape index (κ1) is 17.0. The smallest absolute Gasteiger partial charge is 0.309 e. The van der Waals surface area contributed by atoms with Gasteiger partial charge in [0.05, 0.1) is 5.41 Å². The van der Waals surface area contributed by atoms with Gasteiger partial charge in [-0.2, -0.15) is 0 Å². The summed E-state index contributed by atoms with van der Waals surface area (Å²) in [4.78, 5) is 11.9. The number of carboxylic acids is 1. The minimum absolute atomic E-state index is 0.153. The summed E-state index contributed by atoms with van der Waals surface area (Å²) in [5.74, 6) is 0.869. The second-order valence-corrected chi connectivity index (χ2v) is 9.05. The van der Waals surface area contributed by atoms with E-state index in [0.29, 0.717) is 24.9 Å². The van der Waals surface area contributed by atoms with Gasteiger partial charge in [-0.05, 0) is 86.9 Å². The lowest BCUT2D eigenvalue weighted by Gasteiger charge is -2.62. The van der Waals surface area contributed by atoms with Crippen molar-refractivity contribution in [3.63, 3.8) is 0 Å². The molecule has 3 nitrogen and oxygen atoms in total. The Kier molecular flexibility index (Phi) is 4.37. The fourth-order valence-corrected chi connectivity index (χ4v) is 6.68. The van der Waals surface area contributed by atoms with Crippen LogP contribution in [0.15, 0.2) is 12.7 Å². The van der Waals surface area contributed by atoms with Crippen LogP contribution in [0.2, 0.25) is 0 Å². The van der Waals surface area contributed by atoms with Gasteiger partial charge in [0, 0.05) is 6.61 Å². The van der Waals surface area contributed by atoms with Crippen LogP contribution in [0.1, 0.15) is 71.1 Å². The van der Waals surface area contributed by atoms with Crippen LogP contribution in [0, 0.1) is 28.1 Å². The minimum Gasteiger partial charge on any atom is -0.481 e. The highest BCUT2D eigenvalue weighted by Crippen LogP contribution is 2.66. The van der Waals surface area contributed by atoms with Crippen LogP contribution in [-0.2, 0) is 4.79 Å². The van der Waals surface area contributed by atoms with Gasteiger partial charge in [-0.25, -0.2) is 0 Å². The van der Waals surface area contributed by atoms with Crippen LogP contribution < -0.4 is 0 Å². The Labute approximate surface area is 140 Å². The largest absolute Gasteiger partial charge is 0.481 e. The summed E-state index contributed by atoms with van der Waals surface area (Å²) < 4.78 is 0. The number of aliphatic carboxylic acids is 1. The average Bonchev–Trinajstić information content (AvgIpc) is 2.50. The molecule has 0 saturated heterocycles. The number of hydrogen-bond donors (Lipinski definition) is 2. The first-order chi connectivity index (χ1) is 10.9. The molecule has 3 unspecified atom stereocenters. The Bertz CT molecular complexity index is 469. The standard InChI is InChI=1S/C20H32O3/c1-3-5-20(4-2,17(22)23)7-6-18-9-15-8-16(10-18)12-19(11-15,13-18)14-21/h3,15-16,21H,1,4-14H2,2H3,(H,22,23). The van der Waals surface area contributed by atoms with E-state index in [1.807, 2.05) is 6.92 Å². The van der Waals surface area contributed by atoms with Crippen molar-refractivity contribution >= 4 is 5.97 Å². The third kappa shape index (κ3) is 2.86. The van der Waals surface area contributed by atoms with Crippen LogP contribution in [0.5, 0.6) is 0 Å². The van der Waals surface area contributed by atoms with Crippen molar-refractivity contribution in [3.8, 4) is 0 Å². The molecule has 4 aliphatic rings. The summed E-state index contributed by atoms with van der Waals surface area (Å²) in [6, 6.07) is 0. The Hall–Kier alpha value is -0.830. The highest BCUT2D eigenvalue weighted by Gasteiger charge is 2.57. The average molecular weight is 320 g/mol. The molecule has 4 bridgehead atoms. The minimum atomic E-state index is -0.665. The zero-order valence-electron chi connectivity index (χ0n) is 14.5. The van der Waals surface area contributed by atoms with E-state index in [9.17, 15) is 15.0 Å². The number of allylic oxidation sites excluding steroid dienone is 1. The predicted molar refractivity (Wildman–Crippen MR) is 91.0 cm³/mol. The first-order valence-electron chi connectivity index (χ1n) is 9.36. The number of carbonyl (C=O) groups is 1. The zero-order valence-corrected chi connectivity index (χ0v) is 14.5. The Morgan fingerprint density at radius 3 is 2.35 bits per heavy atom. The van der Waals surface area contributed by atoms with E-state index < -0.39 is 11.4 Å². The predicted octanol–water partition coefficient (Wildman–Crippen LogP) is 4.40. The molecule has 0 aromatic carbocycles. The van der Waals surface area contributed by atoms with Crippen molar-refractivity contribution < 1.29 is 15.0 Å². The van der Waals surface area contributed by atoms with E-state index in [-0.39, 0.29) is 5.41 Å². The molecule has 0 aromatic rings. The molecular weight excluding hydrogens is 288 g/mol. The molecule has 23 heavy (non-hydrogen) atoms. The molecule has 4 fully saturated rings. The summed E-state index contributed by atoms with van der Waals surface area (Å²) >= 11 is 0. The van der Waals surface area contributed by atoms with Gasteiger partial charge < -0.3 is 10.2 Å². The molecule has 4 saturated carbocycles. The fraction of sp³-hybridized carbons (Fsp3) is 0.850. The van der Waals surface area contributed by atoms with Crippen molar-refractivity contribution in [3.05, 3.63) is 12.7 Å². The lowest BCUT2D eigenvalue weighted by molar-refractivity contribution is -0.154. The van der Waals surface area contributed by atoms with Crippen molar-refractivity contribution in [2.75, 3.05) is 6.61 Å². The topological polar surface area (TPSA) is 57.5 Å². The van der Waals surface area contributed by atoms with E-state index in [0.717, 1.165) is 31.1 Å². The number of hydrogen-bond acceptors (Lipinski definition) is 2. The van der Waals surface area contributed by atoms with Crippen LogP contribution in [0.3, 0.4) is 0 Å². The molecule has 3 heteroatoms. The molecule has 0 aromatic heterocycles. The fourth-order valence-electron chi connectivity index (χ4n) is 6.68. The maximum absolute atomic E-state index is 11.9. The third-order valence-corrected chi connectivity index (χ3v) is 7.44. The van der Waals surface area contributed by atoms with Gasteiger partial charge in [0.25, 0.3) is 0 Å². The Balaban J connectivity index is 1.77. The molecule has 0 aliphatic heterocycles. The third-order valence-electron chi connectivity index (χ3n) is 7.44. The highest BCUT2D eigenvalue weighted by atomic mass is 16.4. The summed E-state index contributed by atoms with van der Waals surface area (Å²) in [6.07, 6.45) is 12.2. The molecule has 4 rings (SSSR count). The summed E-state index contributed by atoms with van der Waals surface area (Å²) in [5, 5.41) is 19.8. The van der Waals surface area contributed by atoms with Gasteiger partial charge >= 0.3 is 5.97 Å². The molecule has 0 spiro atoms. The van der Waals surface area contributed by atoms with E-state index >= 15 is 0 Å². The van der Waals surface area contributed by atoms with Crippen LogP contribution in [0.25, 0.3) is 0 Å². The SMILES string of the molecule is C=CCC(CC)(CCC12CC3CC(CC(CO)(C3)C1)C2)C(=O)O. The van der Waals surface area contributed by atoms with Crippen molar-refractivity contribution in [1.29, 1.82) is 0 Å². The molecule has 0 heterocycles. The molecule has 0 radical (unpaired) electrons. The number of carboxylic acid groups (broad SMARTS) is 1. The van der Waals surface area contributed by atoms with Gasteiger partial charge in [0.1, 0.15) is 0 Å². The Morgan fingerprint density at radius 2 is 1.87 bits per heavy atom. The van der Waals surface area contributed by atoms with Crippen molar-refractivity contribution in [1.82, 2.24) is 0 Å². The van der Waals surface area contributed by atoms with Gasteiger partial charge in [-0.1, -0.05) is 13.0 Å². The van der Waals surface area contributed by atoms with E-state index in [2.05, 4.69) is 6.58 Å². The van der Waals surface area contributed by atoms with Gasteiger partial charge in [-0.15, -0.1) is 6.58 Å². The Morgan fingerprint density at radius 1 is 1.26 bits per heavy atom. The summed E-state index contributed by atoms with van der Waals surface area (Å²) in [7, 11) is 0. The molecule has 3 atom stereocenters. The molecule has 4 aliphatic carbocycles. The quantitative estimate of drug-likeness (QED) is 0.652. The van der Waals surface area contributed by atoms with Crippen molar-refractivity contribution in [2.45, 2.75) is 71.1 Å². The second kappa shape index (κ2) is 5.91. The molecular formula is C20H32O3. The lowest BCUT2D eigenvalue weighted by Crippen LogP contribution is -2.53. The molecule has 2 N–H and O–H groups in total. The molecule has 130 valence electrons. The zero-order chi connectivity index (χ0) is 16.7. The lowest BCUT2D eigenvalue weighted by atomic mass is 9.43. The van der Waals surface area contributed by atoms with Crippen LogP contribution >= 0.6 is 0 Å². The monoisotopic (exact) mass is 320 g/mol. The number of aliphatic hydroxyl groups excluding tert-OH is 1. The number of aliphatic hydroxyl groups is 1. The van der Waals surface area contributed by atoms with Gasteiger partial charge in [0.2, 0.25) is 0 Å². The van der Waals surface area contributed by atoms with Gasteiger partial charge in [-0.3, -0.25) is 4.79 Å². The van der Waals surface area contributed by atoms with Gasteiger partial charge in [0.15, 0.2) is 0 Å². The van der Waals surface area contributed by atoms with Crippen molar-refractivity contribution in [2.24, 2.45) is 28.1 Å². The normalized spacial score (nSPS) is 40.8. The summed E-state index contributed by atoms with van der Waals surface area (Å²) in [5.41, 5.74) is -0.193. The van der Waals surface area contributed by atoms with E-state index in [1.54, 1.807) is 6.08 Å². The summed E-state index contributed by atoms with van der Waals surface area (Å²) in [6.45, 7) is 6.10. The second-order valence-electron chi connectivity index (χ2n) is 9.05.